The van der Waals surface area contributed by atoms with E-state index in [1.807, 2.05) is 0 Å². The summed E-state index contributed by atoms with van der Waals surface area (Å²) in [4.78, 5) is 3.70. The van der Waals surface area contributed by atoms with E-state index in [0.29, 0.717) is 16.6 Å². The molecule has 19 heavy (non-hydrogen) atoms. The van der Waals surface area contributed by atoms with Crippen molar-refractivity contribution in [3.05, 3.63) is 21.9 Å². The van der Waals surface area contributed by atoms with Gasteiger partial charge in [0.15, 0.2) is 0 Å². The Balaban J connectivity index is 2.86. The Morgan fingerprint density at radius 3 is 2.79 bits per heavy atom. The van der Waals surface area contributed by atoms with Crippen LogP contribution in [0.3, 0.4) is 0 Å². The van der Waals surface area contributed by atoms with Crippen LogP contribution in [0.5, 0.6) is 0 Å². The summed E-state index contributed by atoms with van der Waals surface area (Å²) in [5, 5.41) is -0.0815. The molecule has 0 radical (unpaired) electrons. The van der Waals surface area contributed by atoms with E-state index in [4.69, 9.17) is 11.6 Å². The highest BCUT2D eigenvalue weighted by atomic mass is 79.9. The number of nitrogens with one attached hydrogen (secondary N) is 1. The van der Waals surface area contributed by atoms with Gasteiger partial charge in [-0.3, -0.25) is 4.21 Å². The Morgan fingerprint density at radius 2 is 2.21 bits per heavy atom. The van der Waals surface area contributed by atoms with Crippen molar-refractivity contribution < 1.29 is 12.6 Å². The molecule has 108 valence electrons. The molecule has 0 saturated carbocycles. The van der Waals surface area contributed by atoms with Gasteiger partial charge >= 0.3 is 0 Å². The average Bonchev–Trinajstić information content (AvgIpc) is 2.29. The van der Waals surface area contributed by atoms with E-state index in [9.17, 15) is 12.6 Å². The lowest BCUT2D eigenvalue weighted by molar-refractivity contribution is 0.555. The predicted octanol–water partition coefficient (Wildman–Crippen LogP) is 1.93. The van der Waals surface area contributed by atoms with Gasteiger partial charge in [-0.05, 0) is 35.3 Å². The maximum atomic E-state index is 12.1. The van der Waals surface area contributed by atoms with Crippen LogP contribution in [0.2, 0.25) is 5.15 Å². The first-order valence-electron chi connectivity index (χ1n) is 5.36. The van der Waals surface area contributed by atoms with Gasteiger partial charge < -0.3 is 0 Å². The van der Waals surface area contributed by atoms with Gasteiger partial charge in [-0.2, -0.15) is 0 Å². The van der Waals surface area contributed by atoms with E-state index in [0.717, 1.165) is 0 Å². The van der Waals surface area contributed by atoms with Crippen LogP contribution in [0.25, 0.3) is 0 Å². The first-order valence-corrected chi connectivity index (χ1v) is 9.74. The van der Waals surface area contributed by atoms with Gasteiger partial charge in [0, 0.05) is 39.5 Å². The molecular formula is C10H14BrClN2O3S2. The fourth-order valence-electron chi connectivity index (χ4n) is 1.32. The normalized spacial score (nSPS) is 15.2. The van der Waals surface area contributed by atoms with Crippen LogP contribution in [0, 0.1) is 0 Å². The second-order valence-electron chi connectivity index (χ2n) is 4.03. The van der Waals surface area contributed by atoms with Crippen molar-refractivity contribution in [1.82, 2.24) is 9.71 Å². The van der Waals surface area contributed by atoms with Crippen LogP contribution in [-0.4, -0.2) is 35.7 Å². The number of sulfonamides is 1. The van der Waals surface area contributed by atoms with Crippen molar-refractivity contribution in [2.45, 2.75) is 24.3 Å². The molecular weight excluding hydrogens is 376 g/mol. The van der Waals surface area contributed by atoms with Crippen LogP contribution in [0.1, 0.15) is 13.3 Å². The van der Waals surface area contributed by atoms with Gasteiger partial charge in [0.25, 0.3) is 0 Å². The largest absolute Gasteiger partial charge is 0.260 e. The van der Waals surface area contributed by atoms with E-state index in [1.165, 1.54) is 12.3 Å². The van der Waals surface area contributed by atoms with E-state index >= 15 is 0 Å². The Bertz CT molecular complexity index is 580. The van der Waals surface area contributed by atoms with Gasteiger partial charge in [-0.1, -0.05) is 11.6 Å². The van der Waals surface area contributed by atoms with Crippen molar-refractivity contribution in [2.75, 3.05) is 12.0 Å². The standard InChI is InChI=1S/C10H14BrClN2O3S2/c1-7(3-4-18(2)15)14-19(16,17)9-5-8(11)6-13-10(9)12/h5-7,14H,3-4H2,1-2H3. The summed E-state index contributed by atoms with van der Waals surface area (Å²) in [7, 11) is -4.68. The molecule has 2 unspecified atom stereocenters. The molecule has 0 spiro atoms. The number of hydrogen-bond donors (Lipinski definition) is 1. The molecule has 0 fully saturated rings. The molecule has 2 atom stereocenters. The van der Waals surface area contributed by atoms with Crippen molar-refractivity contribution in [2.24, 2.45) is 0 Å². The molecule has 1 aromatic heterocycles. The number of rotatable bonds is 6. The van der Waals surface area contributed by atoms with E-state index in [1.54, 1.807) is 13.2 Å². The molecule has 1 N–H and O–H groups in total. The van der Waals surface area contributed by atoms with Crippen LogP contribution in [-0.2, 0) is 20.8 Å². The first-order chi connectivity index (χ1) is 8.72. The van der Waals surface area contributed by atoms with Crippen molar-refractivity contribution in [3.8, 4) is 0 Å². The minimum atomic E-state index is -3.73. The van der Waals surface area contributed by atoms with Crippen LogP contribution in [0.4, 0.5) is 0 Å². The zero-order chi connectivity index (χ0) is 14.6. The van der Waals surface area contributed by atoms with E-state index in [2.05, 4.69) is 25.6 Å². The molecule has 1 aromatic rings. The molecule has 1 heterocycles. The molecule has 0 amide bonds. The predicted molar refractivity (Wildman–Crippen MR) is 80.3 cm³/mol. The van der Waals surface area contributed by atoms with Crippen LogP contribution < -0.4 is 4.72 Å². The Morgan fingerprint density at radius 1 is 1.58 bits per heavy atom. The first kappa shape index (κ1) is 17.0. The molecule has 0 aromatic carbocycles. The van der Waals surface area contributed by atoms with Crippen molar-refractivity contribution >= 4 is 48.4 Å². The van der Waals surface area contributed by atoms with E-state index in [-0.39, 0.29) is 16.1 Å². The van der Waals surface area contributed by atoms with Gasteiger partial charge in [0.2, 0.25) is 10.0 Å². The highest BCUT2D eigenvalue weighted by Crippen LogP contribution is 2.22. The summed E-state index contributed by atoms with van der Waals surface area (Å²) in [5.74, 6) is 0.439. The molecule has 0 aliphatic heterocycles. The summed E-state index contributed by atoms with van der Waals surface area (Å²) in [6.07, 6.45) is 3.49. The molecule has 0 bridgehead atoms. The third-order valence-corrected chi connectivity index (χ3v) is 5.52. The van der Waals surface area contributed by atoms with Gasteiger partial charge in [0.1, 0.15) is 10.0 Å². The minimum absolute atomic E-state index is 0.0759. The highest BCUT2D eigenvalue weighted by Gasteiger charge is 2.21. The molecule has 0 saturated heterocycles. The lowest BCUT2D eigenvalue weighted by atomic mass is 10.3. The summed E-state index contributed by atoms with van der Waals surface area (Å²) >= 11 is 8.94. The summed E-state index contributed by atoms with van der Waals surface area (Å²) in [6, 6.07) is 1.06. The number of halogens is 2. The number of nitrogens with zero attached hydrogens (tertiary/aromatic N) is 1. The lowest BCUT2D eigenvalue weighted by Gasteiger charge is -2.14. The molecule has 5 nitrogen and oxygen atoms in total. The van der Waals surface area contributed by atoms with Crippen LogP contribution >= 0.6 is 27.5 Å². The minimum Gasteiger partial charge on any atom is -0.260 e. The lowest BCUT2D eigenvalue weighted by Crippen LogP contribution is -2.33. The quantitative estimate of drug-likeness (QED) is 0.754. The average molecular weight is 390 g/mol. The third kappa shape index (κ3) is 5.47. The maximum Gasteiger partial charge on any atom is 0.243 e. The molecule has 9 heteroatoms. The molecule has 0 aliphatic rings. The molecule has 0 aliphatic carbocycles. The smallest absolute Gasteiger partial charge is 0.243 e. The van der Waals surface area contributed by atoms with Crippen molar-refractivity contribution in [3.63, 3.8) is 0 Å². The maximum absolute atomic E-state index is 12.1. The van der Waals surface area contributed by atoms with Crippen molar-refractivity contribution in [1.29, 1.82) is 0 Å². The highest BCUT2D eigenvalue weighted by molar-refractivity contribution is 9.10. The summed E-state index contributed by atoms with van der Waals surface area (Å²) in [6.45, 7) is 1.71. The monoisotopic (exact) mass is 388 g/mol. The second kappa shape index (κ2) is 7.12. The fraction of sp³-hybridized carbons (Fsp3) is 0.500. The Hall–Kier alpha value is -0.0200. The number of hydrogen-bond acceptors (Lipinski definition) is 4. The Labute approximate surface area is 128 Å². The van der Waals surface area contributed by atoms with E-state index < -0.39 is 20.8 Å². The van der Waals surface area contributed by atoms with Crippen LogP contribution in [0.15, 0.2) is 21.6 Å². The number of aromatic nitrogens is 1. The topological polar surface area (TPSA) is 76.1 Å². The zero-order valence-electron chi connectivity index (χ0n) is 10.4. The zero-order valence-corrected chi connectivity index (χ0v) is 14.4. The summed E-state index contributed by atoms with van der Waals surface area (Å²) < 4.78 is 38.3. The van der Waals surface area contributed by atoms with Gasteiger partial charge in [0.05, 0.1) is 0 Å². The fourth-order valence-corrected chi connectivity index (χ4v) is 4.23. The number of pyridine rings is 1. The second-order valence-corrected chi connectivity index (χ2v) is 8.54. The SMILES string of the molecule is CC(CCS(C)=O)NS(=O)(=O)c1cc(Br)cnc1Cl. The Kier molecular flexibility index (Phi) is 6.38. The molecule has 1 rings (SSSR count). The van der Waals surface area contributed by atoms with Gasteiger partial charge in [-0.15, -0.1) is 0 Å². The van der Waals surface area contributed by atoms with Gasteiger partial charge in [-0.25, -0.2) is 18.1 Å². The summed E-state index contributed by atoms with van der Waals surface area (Å²) in [5.41, 5.74) is 0. The third-order valence-electron chi connectivity index (χ3n) is 2.26.